The Morgan fingerprint density at radius 1 is 1.21 bits per heavy atom. The van der Waals surface area contributed by atoms with E-state index in [1.807, 2.05) is 0 Å². The van der Waals surface area contributed by atoms with Gasteiger partial charge in [-0.25, -0.2) is 0 Å². The number of nitrogens with one attached hydrogen (secondary N) is 1. The molecule has 1 saturated heterocycles. The summed E-state index contributed by atoms with van der Waals surface area (Å²) in [5, 5.41) is 3.55. The van der Waals surface area contributed by atoms with Gasteiger partial charge in [0.05, 0.1) is 6.61 Å². The van der Waals surface area contributed by atoms with Gasteiger partial charge in [-0.3, -0.25) is 0 Å². The van der Waals surface area contributed by atoms with Crippen molar-refractivity contribution in [2.75, 3.05) is 39.9 Å². The van der Waals surface area contributed by atoms with Gasteiger partial charge < -0.3 is 15.0 Å². The minimum absolute atomic E-state index is 0.262. The van der Waals surface area contributed by atoms with E-state index in [1.165, 1.54) is 45.2 Å². The van der Waals surface area contributed by atoms with Crippen LogP contribution in [0.15, 0.2) is 0 Å². The van der Waals surface area contributed by atoms with E-state index in [9.17, 15) is 0 Å². The molecular formula is C16H34N2O. The predicted molar refractivity (Wildman–Crippen MR) is 82.6 cm³/mol. The fourth-order valence-corrected chi connectivity index (χ4v) is 2.63. The molecular weight excluding hydrogens is 236 g/mol. The zero-order valence-electron chi connectivity index (χ0n) is 13.5. The summed E-state index contributed by atoms with van der Waals surface area (Å²) >= 11 is 0. The molecule has 0 aliphatic carbocycles. The zero-order chi connectivity index (χ0) is 14.1. The summed E-state index contributed by atoms with van der Waals surface area (Å²) < 4.78 is 5.54. The normalized spacial score (nSPS) is 21.0. The van der Waals surface area contributed by atoms with Gasteiger partial charge in [-0.1, -0.05) is 6.42 Å². The quantitative estimate of drug-likeness (QED) is 0.686. The van der Waals surface area contributed by atoms with Crippen molar-refractivity contribution in [1.82, 2.24) is 10.2 Å². The van der Waals surface area contributed by atoms with Crippen molar-refractivity contribution < 1.29 is 4.74 Å². The van der Waals surface area contributed by atoms with Crippen LogP contribution in [0.4, 0.5) is 0 Å². The van der Waals surface area contributed by atoms with Crippen molar-refractivity contribution in [2.45, 2.75) is 58.4 Å². The van der Waals surface area contributed by atoms with Crippen LogP contribution < -0.4 is 5.32 Å². The van der Waals surface area contributed by atoms with Crippen LogP contribution in [0, 0.1) is 5.92 Å². The van der Waals surface area contributed by atoms with Crippen LogP contribution in [0.1, 0.15) is 52.9 Å². The molecule has 1 heterocycles. The van der Waals surface area contributed by atoms with E-state index in [1.54, 1.807) is 0 Å². The Balaban J connectivity index is 1.93. The molecule has 3 nitrogen and oxygen atoms in total. The Hall–Kier alpha value is -0.120. The Morgan fingerprint density at radius 3 is 2.63 bits per heavy atom. The molecule has 1 fully saturated rings. The van der Waals surface area contributed by atoms with E-state index in [-0.39, 0.29) is 5.54 Å². The van der Waals surface area contributed by atoms with E-state index in [2.05, 4.69) is 38.0 Å². The Bertz CT molecular complexity index is 219. The molecule has 0 aromatic heterocycles. The van der Waals surface area contributed by atoms with Gasteiger partial charge in [0, 0.05) is 18.7 Å². The van der Waals surface area contributed by atoms with Crippen LogP contribution in [0.2, 0.25) is 0 Å². The smallest absolute Gasteiger partial charge is 0.0506 e. The Labute approximate surface area is 120 Å². The van der Waals surface area contributed by atoms with Crippen LogP contribution in [0.5, 0.6) is 0 Å². The maximum absolute atomic E-state index is 5.54. The monoisotopic (exact) mass is 270 g/mol. The summed E-state index contributed by atoms with van der Waals surface area (Å²) in [5.41, 5.74) is 0.262. The molecule has 1 unspecified atom stereocenters. The molecule has 0 saturated carbocycles. The van der Waals surface area contributed by atoms with E-state index < -0.39 is 0 Å². The first-order chi connectivity index (χ1) is 8.97. The molecule has 1 atom stereocenters. The number of unbranched alkanes of at least 4 members (excludes halogenated alkanes) is 2. The van der Waals surface area contributed by atoms with E-state index in [4.69, 9.17) is 4.74 Å². The maximum atomic E-state index is 5.54. The van der Waals surface area contributed by atoms with Crippen molar-refractivity contribution in [1.29, 1.82) is 0 Å². The first-order valence-corrected chi connectivity index (χ1v) is 7.99. The van der Waals surface area contributed by atoms with Crippen LogP contribution in [0.3, 0.4) is 0 Å². The third kappa shape index (κ3) is 9.42. The average Bonchev–Trinajstić information content (AvgIpc) is 2.33. The van der Waals surface area contributed by atoms with Gasteiger partial charge in [0.15, 0.2) is 0 Å². The predicted octanol–water partition coefficient (Wildman–Crippen LogP) is 2.90. The van der Waals surface area contributed by atoms with Gasteiger partial charge in [-0.15, -0.1) is 0 Å². The van der Waals surface area contributed by atoms with Crippen molar-refractivity contribution in [3.05, 3.63) is 0 Å². The van der Waals surface area contributed by atoms with E-state index in [0.29, 0.717) is 0 Å². The molecule has 1 N–H and O–H groups in total. The van der Waals surface area contributed by atoms with Gasteiger partial charge in [0.25, 0.3) is 0 Å². The molecule has 0 aromatic rings. The second kappa shape index (κ2) is 8.93. The number of ether oxygens (including phenoxy) is 1. The molecule has 1 aliphatic heterocycles. The summed E-state index contributed by atoms with van der Waals surface area (Å²) in [6.45, 7) is 12.2. The first kappa shape index (κ1) is 16.9. The summed E-state index contributed by atoms with van der Waals surface area (Å²) in [6, 6.07) is 0. The van der Waals surface area contributed by atoms with Gasteiger partial charge in [0.2, 0.25) is 0 Å². The molecule has 3 heteroatoms. The van der Waals surface area contributed by atoms with E-state index in [0.717, 1.165) is 25.7 Å². The summed E-state index contributed by atoms with van der Waals surface area (Å²) in [4.78, 5) is 2.48. The molecule has 1 aliphatic rings. The third-order valence-corrected chi connectivity index (χ3v) is 3.70. The number of rotatable bonds is 8. The highest BCUT2D eigenvalue weighted by atomic mass is 16.5. The van der Waals surface area contributed by atoms with Crippen LogP contribution in [0.25, 0.3) is 0 Å². The minimum atomic E-state index is 0.262. The lowest BCUT2D eigenvalue weighted by Gasteiger charge is -2.27. The second-order valence-corrected chi connectivity index (χ2v) is 7.08. The van der Waals surface area contributed by atoms with Crippen molar-refractivity contribution >= 4 is 0 Å². The molecule has 0 aromatic carbocycles. The molecule has 114 valence electrons. The molecule has 19 heavy (non-hydrogen) atoms. The standard InChI is InChI=1S/C16H34N2O/c1-16(2,3)17-10-6-5-7-11-18(4)13-15-9-8-12-19-14-15/h15,17H,5-14H2,1-4H3. The van der Waals surface area contributed by atoms with Gasteiger partial charge in [-0.2, -0.15) is 0 Å². The van der Waals surface area contributed by atoms with Gasteiger partial charge >= 0.3 is 0 Å². The van der Waals surface area contributed by atoms with Crippen LogP contribution in [-0.4, -0.2) is 50.3 Å². The Kier molecular flexibility index (Phi) is 7.96. The fourth-order valence-electron chi connectivity index (χ4n) is 2.63. The number of hydrogen-bond acceptors (Lipinski definition) is 3. The Morgan fingerprint density at radius 2 is 2.00 bits per heavy atom. The lowest BCUT2D eigenvalue weighted by Crippen LogP contribution is -2.36. The topological polar surface area (TPSA) is 24.5 Å². The van der Waals surface area contributed by atoms with Crippen LogP contribution >= 0.6 is 0 Å². The molecule has 0 amide bonds. The first-order valence-electron chi connectivity index (χ1n) is 7.99. The zero-order valence-corrected chi connectivity index (χ0v) is 13.5. The summed E-state index contributed by atoms with van der Waals surface area (Å²) in [5.74, 6) is 0.765. The molecule has 0 spiro atoms. The maximum Gasteiger partial charge on any atom is 0.0506 e. The summed E-state index contributed by atoms with van der Waals surface area (Å²) in [7, 11) is 2.25. The van der Waals surface area contributed by atoms with Crippen LogP contribution in [-0.2, 0) is 4.74 Å². The van der Waals surface area contributed by atoms with Gasteiger partial charge in [0.1, 0.15) is 0 Å². The van der Waals surface area contributed by atoms with Crippen molar-refractivity contribution in [2.24, 2.45) is 5.92 Å². The summed E-state index contributed by atoms with van der Waals surface area (Å²) in [6.07, 6.45) is 6.53. The number of nitrogens with zero attached hydrogens (tertiary/aromatic N) is 1. The fraction of sp³-hybridized carbons (Fsp3) is 1.00. The lowest BCUT2D eigenvalue weighted by atomic mass is 10.0. The minimum Gasteiger partial charge on any atom is -0.381 e. The van der Waals surface area contributed by atoms with Gasteiger partial charge in [-0.05, 0) is 72.5 Å². The third-order valence-electron chi connectivity index (χ3n) is 3.70. The highest BCUT2D eigenvalue weighted by Gasteiger charge is 2.15. The molecule has 0 radical (unpaired) electrons. The van der Waals surface area contributed by atoms with Crippen molar-refractivity contribution in [3.63, 3.8) is 0 Å². The van der Waals surface area contributed by atoms with Crippen molar-refractivity contribution in [3.8, 4) is 0 Å². The van der Waals surface area contributed by atoms with E-state index >= 15 is 0 Å². The molecule has 1 rings (SSSR count). The largest absolute Gasteiger partial charge is 0.381 e. The average molecular weight is 270 g/mol. The highest BCUT2D eigenvalue weighted by molar-refractivity contribution is 4.70. The lowest BCUT2D eigenvalue weighted by molar-refractivity contribution is 0.0419. The second-order valence-electron chi connectivity index (χ2n) is 7.08. The number of hydrogen-bond donors (Lipinski definition) is 1. The SMILES string of the molecule is CN(CCCCCNC(C)(C)C)CC1CCCOC1. The molecule has 0 bridgehead atoms. The highest BCUT2D eigenvalue weighted by Crippen LogP contribution is 2.14.